The number of hydrogen-bond acceptors (Lipinski definition) is 4. The maximum Gasteiger partial charge on any atom is 0.137 e. The molecule has 0 bridgehead atoms. The first-order valence-electron chi connectivity index (χ1n) is 6.74. The fourth-order valence-corrected chi connectivity index (χ4v) is 2.18. The van der Waals surface area contributed by atoms with Crippen molar-refractivity contribution >= 4 is 18.2 Å². The van der Waals surface area contributed by atoms with Crippen molar-refractivity contribution in [2.45, 2.75) is 6.42 Å². The number of nitrogens with zero attached hydrogens (tertiary/aromatic N) is 1. The number of benzene rings is 1. The highest BCUT2D eigenvalue weighted by Gasteiger charge is 2.13. The first-order chi connectivity index (χ1) is 9.68. The maximum atomic E-state index is 13.6. The minimum atomic E-state index is -0.525. The second-order valence-electron chi connectivity index (χ2n) is 4.68. The minimum absolute atomic E-state index is 0. The van der Waals surface area contributed by atoms with Gasteiger partial charge in [0.05, 0.1) is 25.4 Å². The van der Waals surface area contributed by atoms with E-state index < -0.39 is 5.82 Å². The molecule has 0 amide bonds. The van der Waals surface area contributed by atoms with Crippen LogP contribution in [0.25, 0.3) is 0 Å². The SMILES string of the molecule is Cl.N=C(N)c1c(F)cccc1OCCCN1CCOCC1. The van der Waals surface area contributed by atoms with E-state index in [2.05, 4.69) is 4.90 Å². The molecule has 0 saturated carbocycles. The summed E-state index contributed by atoms with van der Waals surface area (Å²) in [6, 6.07) is 4.46. The molecule has 5 nitrogen and oxygen atoms in total. The van der Waals surface area contributed by atoms with Gasteiger partial charge < -0.3 is 15.2 Å². The molecule has 1 aliphatic rings. The number of amidine groups is 1. The van der Waals surface area contributed by atoms with E-state index in [1.807, 2.05) is 0 Å². The topological polar surface area (TPSA) is 71.6 Å². The van der Waals surface area contributed by atoms with Crippen LogP contribution in [-0.4, -0.2) is 50.2 Å². The quantitative estimate of drug-likeness (QED) is 0.475. The van der Waals surface area contributed by atoms with Gasteiger partial charge in [-0.3, -0.25) is 10.3 Å². The fraction of sp³-hybridized carbons (Fsp3) is 0.500. The van der Waals surface area contributed by atoms with Crippen molar-refractivity contribution in [2.24, 2.45) is 5.73 Å². The number of morpholine rings is 1. The normalized spacial score (nSPS) is 15.3. The average Bonchev–Trinajstić information content (AvgIpc) is 2.44. The molecule has 21 heavy (non-hydrogen) atoms. The van der Waals surface area contributed by atoms with Crippen molar-refractivity contribution in [3.63, 3.8) is 0 Å². The van der Waals surface area contributed by atoms with E-state index in [9.17, 15) is 4.39 Å². The predicted molar refractivity (Wildman–Crippen MR) is 82.0 cm³/mol. The van der Waals surface area contributed by atoms with Crippen molar-refractivity contribution in [3.05, 3.63) is 29.6 Å². The van der Waals surface area contributed by atoms with Crippen LogP contribution in [0.1, 0.15) is 12.0 Å². The summed E-state index contributed by atoms with van der Waals surface area (Å²) in [5.74, 6) is -0.506. The highest BCUT2D eigenvalue weighted by Crippen LogP contribution is 2.21. The summed E-state index contributed by atoms with van der Waals surface area (Å²) >= 11 is 0. The predicted octanol–water partition coefficient (Wildman–Crippen LogP) is 1.63. The van der Waals surface area contributed by atoms with Crippen molar-refractivity contribution in [2.75, 3.05) is 39.5 Å². The van der Waals surface area contributed by atoms with Crippen LogP contribution in [-0.2, 0) is 4.74 Å². The van der Waals surface area contributed by atoms with E-state index >= 15 is 0 Å². The summed E-state index contributed by atoms with van der Waals surface area (Å²) in [5, 5.41) is 7.39. The maximum absolute atomic E-state index is 13.6. The van der Waals surface area contributed by atoms with Crippen LogP contribution in [0.5, 0.6) is 5.75 Å². The summed E-state index contributed by atoms with van der Waals surface area (Å²) in [6.07, 6.45) is 0.841. The molecule has 0 unspecified atom stereocenters. The van der Waals surface area contributed by atoms with Gasteiger partial charge in [0.25, 0.3) is 0 Å². The summed E-state index contributed by atoms with van der Waals surface area (Å²) < 4.78 is 24.4. The summed E-state index contributed by atoms with van der Waals surface area (Å²) in [6.45, 7) is 4.84. The van der Waals surface area contributed by atoms with Crippen LogP contribution in [0.4, 0.5) is 4.39 Å². The monoisotopic (exact) mass is 317 g/mol. The van der Waals surface area contributed by atoms with Gasteiger partial charge in [-0.25, -0.2) is 4.39 Å². The number of rotatable bonds is 6. The molecule has 118 valence electrons. The zero-order valence-electron chi connectivity index (χ0n) is 11.8. The molecule has 1 saturated heterocycles. The number of hydrogen-bond donors (Lipinski definition) is 2. The molecule has 1 heterocycles. The van der Waals surface area contributed by atoms with E-state index in [0.29, 0.717) is 12.4 Å². The van der Waals surface area contributed by atoms with E-state index in [1.165, 1.54) is 6.07 Å². The lowest BCUT2D eigenvalue weighted by Gasteiger charge is -2.26. The Morgan fingerprint density at radius 1 is 1.38 bits per heavy atom. The van der Waals surface area contributed by atoms with E-state index in [-0.39, 0.29) is 23.8 Å². The van der Waals surface area contributed by atoms with Crippen LogP contribution in [0.15, 0.2) is 18.2 Å². The number of halogens is 2. The minimum Gasteiger partial charge on any atom is -0.493 e. The van der Waals surface area contributed by atoms with Crippen LogP contribution < -0.4 is 10.5 Å². The average molecular weight is 318 g/mol. The molecule has 1 fully saturated rings. The zero-order chi connectivity index (χ0) is 14.4. The second-order valence-corrected chi connectivity index (χ2v) is 4.68. The Hall–Kier alpha value is -1.37. The van der Waals surface area contributed by atoms with Gasteiger partial charge in [-0.15, -0.1) is 12.4 Å². The Kier molecular flexibility index (Phi) is 7.42. The van der Waals surface area contributed by atoms with Gasteiger partial charge >= 0.3 is 0 Å². The first-order valence-corrected chi connectivity index (χ1v) is 6.74. The highest BCUT2D eigenvalue weighted by atomic mass is 35.5. The lowest BCUT2D eigenvalue weighted by Crippen LogP contribution is -2.37. The molecular formula is C14H21ClFN3O2. The smallest absolute Gasteiger partial charge is 0.137 e. The lowest BCUT2D eigenvalue weighted by molar-refractivity contribution is 0.0358. The third kappa shape index (κ3) is 5.15. The summed E-state index contributed by atoms with van der Waals surface area (Å²) in [7, 11) is 0. The van der Waals surface area contributed by atoms with Crippen LogP contribution in [0.3, 0.4) is 0 Å². The zero-order valence-corrected chi connectivity index (χ0v) is 12.6. The van der Waals surface area contributed by atoms with Crippen LogP contribution in [0.2, 0.25) is 0 Å². The highest BCUT2D eigenvalue weighted by molar-refractivity contribution is 5.97. The molecule has 3 N–H and O–H groups in total. The van der Waals surface area contributed by atoms with E-state index in [1.54, 1.807) is 12.1 Å². The van der Waals surface area contributed by atoms with Crippen molar-refractivity contribution in [1.82, 2.24) is 4.90 Å². The van der Waals surface area contributed by atoms with E-state index in [0.717, 1.165) is 39.3 Å². The molecular weight excluding hydrogens is 297 g/mol. The third-order valence-corrected chi connectivity index (χ3v) is 3.22. The summed E-state index contributed by atoms with van der Waals surface area (Å²) in [4.78, 5) is 2.31. The van der Waals surface area contributed by atoms with Crippen LogP contribution >= 0.6 is 12.4 Å². The van der Waals surface area contributed by atoms with Crippen LogP contribution in [0, 0.1) is 11.2 Å². The van der Waals surface area contributed by atoms with Gasteiger partial charge in [-0.05, 0) is 18.6 Å². The molecule has 0 aliphatic carbocycles. The fourth-order valence-electron chi connectivity index (χ4n) is 2.18. The summed E-state index contributed by atoms with van der Waals surface area (Å²) in [5.41, 5.74) is 5.42. The molecule has 0 spiro atoms. The van der Waals surface area contributed by atoms with Crippen molar-refractivity contribution in [1.29, 1.82) is 5.41 Å². The number of nitrogens with one attached hydrogen (secondary N) is 1. The number of nitrogen functional groups attached to an aromatic ring is 1. The molecule has 1 aliphatic heterocycles. The first kappa shape index (κ1) is 17.7. The Morgan fingerprint density at radius 3 is 2.76 bits per heavy atom. The largest absolute Gasteiger partial charge is 0.493 e. The number of nitrogens with two attached hydrogens (primary N) is 1. The van der Waals surface area contributed by atoms with Gasteiger partial charge in [-0.2, -0.15) is 0 Å². The Morgan fingerprint density at radius 2 is 2.10 bits per heavy atom. The lowest BCUT2D eigenvalue weighted by atomic mass is 10.1. The molecule has 0 radical (unpaired) electrons. The Labute approximate surface area is 130 Å². The number of ether oxygens (including phenoxy) is 2. The molecule has 7 heteroatoms. The third-order valence-electron chi connectivity index (χ3n) is 3.22. The standard InChI is InChI=1S/C14H20FN3O2.ClH/c15-11-3-1-4-12(13(11)14(16)17)20-8-2-5-18-6-9-19-10-7-18;/h1,3-4H,2,5-10H2,(H3,16,17);1H. The van der Waals surface area contributed by atoms with E-state index in [4.69, 9.17) is 20.6 Å². The van der Waals surface area contributed by atoms with Crippen molar-refractivity contribution in [3.8, 4) is 5.75 Å². The van der Waals surface area contributed by atoms with Gasteiger partial charge in [0.2, 0.25) is 0 Å². The van der Waals surface area contributed by atoms with Gasteiger partial charge in [0.1, 0.15) is 17.4 Å². The Bertz CT molecular complexity index is 468. The second kappa shape index (κ2) is 8.81. The molecule has 1 aromatic rings. The molecule has 0 aromatic heterocycles. The van der Waals surface area contributed by atoms with Gasteiger partial charge in [0, 0.05) is 19.6 Å². The van der Waals surface area contributed by atoms with Gasteiger partial charge in [-0.1, -0.05) is 6.07 Å². The molecule has 2 rings (SSSR count). The van der Waals surface area contributed by atoms with Gasteiger partial charge in [0.15, 0.2) is 0 Å². The van der Waals surface area contributed by atoms with Crippen molar-refractivity contribution < 1.29 is 13.9 Å². The molecule has 1 aromatic carbocycles. The Balaban J connectivity index is 0.00000220. The molecule has 0 atom stereocenters.